The maximum Gasteiger partial charge on any atom is 0.223 e. The first-order chi connectivity index (χ1) is 7.96. The monoisotopic (exact) mass is 259 g/mol. The van der Waals surface area contributed by atoms with Crippen molar-refractivity contribution in [3.8, 4) is 0 Å². The van der Waals surface area contributed by atoms with Crippen molar-refractivity contribution < 1.29 is 4.79 Å². The van der Waals surface area contributed by atoms with Crippen LogP contribution >= 0.6 is 11.6 Å². The normalized spacial score (nSPS) is 24.9. The molecule has 2 atom stereocenters. The summed E-state index contributed by atoms with van der Waals surface area (Å²) in [5.41, 5.74) is 0.159. The van der Waals surface area contributed by atoms with Crippen LogP contribution in [0.15, 0.2) is 0 Å². The fourth-order valence-electron chi connectivity index (χ4n) is 2.63. The molecular weight excluding hydrogens is 234 g/mol. The molecule has 0 bridgehead atoms. The molecular formula is C14H26ClNO. The summed E-state index contributed by atoms with van der Waals surface area (Å²) < 4.78 is 0. The third-order valence-corrected chi connectivity index (χ3v) is 4.19. The average Bonchev–Trinajstić information content (AvgIpc) is 2.70. The predicted molar refractivity (Wildman–Crippen MR) is 73.2 cm³/mol. The molecule has 3 heteroatoms. The van der Waals surface area contributed by atoms with Crippen LogP contribution in [0.2, 0.25) is 0 Å². The van der Waals surface area contributed by atoms with Crippen LogP contribution in [0, 0.1) is 17.3 Å². The Morgan fingerprint density at radius 3 is 2.65 bits per heavy atom. The van der Waals surface area contributed by atoms with Crippen molar-refractivity contribution >= 4 is 17.5 Å². The van der Waals surface area contributed by atoms with Gasteiger partial charge in [0.1, 0.15) is 0 Å². The van der Waals surface area contributed by atoms with Crippen LogP contribution in [-0.2, 0) is 4.79 Å². The number of hydrogen-bond acceptors (Lipinski definition) is 1. The second-order valence-electron chi connectivity index (χ2n) is 6.19. The first kappa shape index (κ1) is 14.8. The fraction of sp³-hybridized carbons (Fsp3) is 0.929. The lowest BCUT2D eigenvalue weighted by molar-refractivity contribution is -0.126. The molecule has 0 spiro atoms. The first-order valence-corrected chi connectivity index (χ1v) is 7.33. The molecule has 0 aromatic carbocycles. The molecule has 1 aliphatic rings. The van der Waals surface area contributed by atoms with Crippen LogP contribution in [0.4, 0.5) is 0 Å². The summed E-state index contributed by atoms with van der Waals surface area (Å²) in [7, 11) is 0. The van der Waals surface area contributed by atoms with E-state index in [0.29, 0.717) is 11.8 Å². The van der Waals surface area contributed by atoms with Crippen LogP contribution < -0.4 is 5.32 Å². The zero-order chi connectivity index (χ0) is 12.9. The third-order valence-electron chi connectivity index (χ3n) is 3.93. The zero-order valence-corrected chi connectivity index (χ0v) is 12.1. The van der Waals surface area contributed by atoms with Gasteiger partial charge < -0.3 is 5.32 Å². The number of rotatable bonds is 6. The lowest BCUT2D eigenvalue weighted by Crippen LogP contribution is -2.38. The third kappa shape index (κ3) is 4.87. The molecule has 100 valence electrons. The summed E-state index contributed by atoms with van der Waals surface area (Å²) in [5, 5.41) is 3.12. The van der Waals surface area contributed by atoms with Gasteiger partial charge in [0.15, 0.2) is 0 Å². The number of nitrogens with one attached hydrogen (secondary N) is 1. The van der Waals surface area contributed by atoms with Gasteiger partial charge in [-0.1, -0.05) is 27.2 Å². The summed E-state index contributed by atoms with van der Waals surface area (Å²) in [6.45, 7) is 7.34. The van der Waals surface area contributed by atoms with E-state index in [1.54, 1.807) is 0 Å². The quantitative estimate of drug-likeness (QED) is 0.726. The van der Waals surface area contributed by atoms with E-state index in [0.717, 1.165) is 25.8 Å². The Bertz CT molecular complexity index is 253. The molecule has 1 N–H and O–H groups in total. The minimum Gasteiger partial charge on any atom is -0.355 e. The van der Waals surface area contributed by atoms with Gasteiger partial charge in [-0.15, -0.1) is 11.6 Å². The van der Waals surface area contributed by atoms with Gasteiger partial charge in [-0.3, -0.25) is 4.79 Å². The molecule has 1 saturated carbocycles. The van der Waals surface area contributed by atoms with Gasteiger partial charge in [0.25, 0.3) is 0 Å². The van der Waals surface area contributed by atoms with Crippen molar-refractivity contribution in [2.75, 3.05) is 12.4 Å². The molecule has 2 unspecified atom stereocenters. The molecule has 1 rings (SSSR count). The Labute approximate surface area is 110 Å². The Balaban J connectivity index is 2.31. The zero-order valence-electron chi connectivity index (χ0n) is 11.4. The van der Waals surface area contributed by atoms with Crippen molar-refractivity contribution in [3.63, 3.8) is 0 Å². The maximum atomic E-state index is 12.0. The second-order valence-corrected chi connectivity index (χ2v) is 6.57. The highest BCUT2D eigenvalue weighted by Crippen LogP contribution is 2.31. The minimum absolute atomic E-state index is 0.159. The summed E-state index contributed by atoms with van der Waals surface area (Å²) in [6, 6.07) is 0. The van der Waals surface area contributed by atoms with Gasteiger partial charge >= 0.3 is 0 Å². The molecule has 1 amide bonds. The molecule has 0 heterocycles. The Morgan fingerprint density at radius 1 is 1.41 bits per heavy atom. The average molecular weight is 260 g/mol. The Kier molecular flexibility index (Phi) is 5.78. The Hall–Kier alpha value is -0.240. The van der Waals surface area contributed by atoms with E-state index in [-0.39, 0.29) is 17.2 Å². The van der Waals surface area contributed by atoms with Gasteiger partial charge in [0.05, 0.1) is 0 Å². The van der Waals surface area contributed by atoms with Gasteiger partial charge in [-0.25, -0.2) is 0 Å². The number of carbonyl (C=O) groups is 1. The number of carbonyl (C=O) groups excluding carboxylic acids is 1. The van der Waals surface area contributed by atoms with Gasteiger partial charge in [-0.05, 0) is 37.0 Å². The molecule has 1 fully saturated rings. The maximum absolute atomic E-state index is 12.0. The second kappa shape index (κ2) is 6.63. The Morgan fingerprint density at radius 2 is 2.12 bits per heavy atom. The lowest BCUT2D eigenvalue weighted by Gasteiger charge is -2.26. The minimum atomic E-state index is 0.159. The SMILES string of the molecule is CC1CCCC1C(=O)NCC(C)(C)CCCCl. The molecule has 0 aromatic heterocycles. The number of amides is 1. The van der Waals surface area contributed by atoms with Crippen molar-refractivity contribution in [2.45, 2.75) is 52.9 Å². The standard InChI is InChI=1S/C14H26ClNO/c1-11-6-4-7-12(11)13(17)16-10-14(2,3)8-5-9-15/h11-12H,4-10H2,1-3H3,(H,16,17). The number of alkyl halides is 1. The molecule has 17 heavy (non-hydrogen) atoms. The highest BCUT2D eigenvalue weighted by Gasteiger charge is 2.30. The van der Waals surface area contributed by atoms with Crippen molar-refractivity contribution in [1.82, 2.24) is 5.32 Å². The smallest absolute Gasteiger partial charge is 0.223 e. The lowest BCUT2D eigenvalue weighted by atomic mass is 9.87. The summed E-state index contributed by atoms with van der Waals surface area (Å²) in [5.74, 6) is 1.77. The van der Waals surface area contributed by atoms with Crippen molar-refractivity contribution in [1.29, 1.82) is 0 Å². The highest BCUT2D eigenvalue weighted by molar-refractivity contribution is 6.17. The van der Waals surface area contributed by atoms with Gasteiger partial charge in [0.2, 0.25) is 5.91 Å². The van der Waals surface area contributed by atoms with E-state index in [4.69, 9.17) is 11.6 Å². The molecule has 0 aromatic rings. The van der Waals surface area contributed by atoms with E-state index >= 15 is 0 Å². The van der Waals surface area contributed by atoms with Crippen LogP contribution in [0.3, 0.4) is 0 Å². The molecule has 0 saturated heterocycles. The van der Waals surface area contributed by atoms with Crippen molar-refractivity contribution in [3.05, 3.63) is 0 Å². The van der Waals surface area contributed by atoms with Crippen LogP contribution in [0.5, 0.6) is 0 Å². The van der Waals surface area contributed by atoms with E-state index in [9.17, 15) is 4.79 Å². The molecule has 0 aliphatic heterocycles. The van der Waals surface area contributed by atoms with Gasteiger partial charge in [-0.2, -0.15) is 0 Å². The van der Waals surface area contributed by atoms with Crippen LogP contribution in [0.1, 0.15) is 52.9 Å². The predicted octanol–water partition coefficient (Wildman–Crippen LogP) is 3.58. The summed E-state index contributed by atoms with van der Waals surface area (Å²) in [4.78, 5) is 12.0. The van der Waals surface area contributed by atoms with Crippen molar-refractivity contribution in [2.24, 2.45) is 17.3 Å². The van der Waals surface area contributed by atoms with E-state index in [2.05, 4.69) is 26.1 Å². The van der Waals surface area contributed by atoms with Gasteiger partial charge in [0, 0.05) is 18.3 Å². The molecule has 0 radical (unpaired) electrons. The first-order valence-electron chi connectivity index (χ1n) is 6.80. The number of hydrogen-bond donors (Lipinski definition) is 1. The van der Waals surface area contributed by atoms with E-state index < -0.39 is 0 Å². The van der Waals surface area contributed by atoms with E-state index in [1.165, 1.54) is 12.8 Å². The summed E-state index contributed by atoms with van der Waals surface area (Å²) >= 11 is 5.71. The molecule has 1 aliphatic carbocycles. The summed E-state index contributed by atoms with van der Waals surface area (Å²) in [6.07, 6.45) is 5.55. The van der Waals surface area contributed by atoms with E-state index in [1.807, 2.05) is 0 Å². The van der Waals surface area contributed by atoms with Crippen LogP contribution in [0.25, 0.3) is 0 Å². The largest absolute Gasteiger partial charge is 0.355 e. The van der Waals surface area contributed by atoms with Crippen LogP contribution in [-0.4, -0.2) is 18.3 Å². The number of halogens is 1. The molecule has 2 nitrogen and oxygen atoms in total. The topological polar surface area (TPSA) is 29.1 Å². The fourth-order valence-corrected chi connectivity index (χ4v) is 2.76. The highest BCUT2D eigenvalue weighted by atomic mass is 35.5.